The summed E-state index contributed by atoms with van der Waals surface area (Å²) in [6.45, 7) is 0. The quantitative estimate of drug-likeness (QED) is 0.411. The maximum Gasteiger partial charge on any atom is 0.333 e. The van der Waals surface area contributed by atoms with E-state index in [1.807, 2.05) is 0 Å². The number of carboxylic acid groups (broad SMARTS) is 2. The van der Waals surface area contributed by atoms with E-state index < -0.39 is 24.5 Å². The lowest BCUT2D eigenvalue weighted by Crippen LogP contribution is -2.22. The molecule has 0 aliphatic heterocycles. The molecule has 0 aromatic carbocycles. The monoisotopic (exact) mass is 188 g/mol. The van der Waals surface area contributed by atoms with Gasteiger partial charge in [0.2, 0.25) is 0 Å². The number of aliphatic carboxylic acids is 2. The van der Waals surface area contributed by atoms with Crippen LogP contribution in [-0.2, 0) is 9.59 Å². The van der Waals surface area contributed by atoms with Gasteiger partial charge < -0.3 is 31.7 Å². The summed E-state index contributed by atoms with van der Waals surface area (Å²) in [4.78, 5) is 19.4. The molecule has 0 radical (unpaired) electrons. The summed E-state index contributed by atoms with van der Waals surface area (Å²) >= 11 is 0. The van der Waals surface area contributed by atoms with Crippen LogP contribution in [0, 0.1) is 0 Å². The fraction of sp³-hybridized carbons (Fsp3) is 0.500. The van der Waals surface area contributed by atoms with Crippen LogP contribution in [0.4, 0.5) is 0 Å². The molecule has 76 valence electrons. The van der Waals surface area contributed by atoms with E-state index in [4.69, 9.17) is 15.3 Å². The highest BCUT2D eigenvalue weighted by Crippen LogP contribution is 1.89. The van der Waals surface area contributed by atoms with Gasteiger partial charge in [0.05, 0.1) is 6.42 Å². The Labute approximate surface area is 67.0 Å². The summed E-state index contributed by atoms with van der Waals surface area (Å²) in [6, 6.07) is 0. The van der Waals surface area contributed by atoms with Gasteiger partial charge in [-0.3, -0.25) is 4.79 Å². The van der Waals surface area contributed by atoms with Crippen LogP contribution in [0.3, 0.4) is 0 Å². The molecule has 0 bridgehead atoms. The molecule has 0 saturated carbocycles. The first-order valence-electron chi connectivity index (χ1n) is 2.16. The molecule has 0 rings (SSSR count). The second-order valence-corrected chi connectivity index (χ2v) is 1.45. The lowest BCUT2D eigenvalue weighted by Gasteiger charge is -1.97. The lowest BCUT2D eigenvalue weighted by atomic mass is 10.3. The average Bonchev–Trinajstić information content (AvgIpc) is 1.63. The van der Waals surface area contributed by atoms with Crippen molar-refractivity contribution >= 4 is 11.9 Å². The van der Waals surface area contributed by atoms with Crippen molar-refractivity contribution in [2.75, 3.05) is 0 Å². The van der Waals surface area contributed by atoms with Crippen LogP contribution in [0.2, 0.25) is 0 Å². The van der Waals surface area contributed by atoms with E-state index >= 15 is 0 Å². The SMILES string of the molecule is O.O.O.O=C(O)CC(O)C(=O)O. The predicted octanol–water partition coefficient (Wildman–Crippen LogP) is -3.57. The minimum absolute atomic E-state index is 0. The van der Waals surface area contributed by atoms with Gasteiger partial charge >= 0.3 is 11.9 Å². The van der Waals surface area contributed by atoms with E-state index in [2.05, 4.69) is 0 Å². The third kappa shape index (κ3) is 11.6. The second kappa shape index (κ2) is 9.78. The topological polar surface area (TPSA) is 189 Å². The predicted molar refractivity (Wildman–Crippen MR) is 36.7 cm³/mol. The molecule has 0 saturated heterocycles. The summed E-state index contributed by atoms with van der Waals surface area (Å²) < 4.78 is 0. The van der Waals surface area contributed by atoms with E-state index in [0.717, 1.165) is 0 Å². The average molecular weight is 188 g/mol. The Hall–Kier alpha value is -1.22. The number of carboxylic acids is 2. The van der Waals surface area contributed by atoms with E-state index in [0.29, 0.717) is 0 Å². The first-order valence-corrected chi connectivity index (χ1v) is 2.16. The molecule has 12 heavy (non-hydrogen) atoms. The maximum absolute atomic E-state index is 9.72. The van der Waals surface area contributed by atoms with Crippen molar-refractivity contribution in [3.05, 3.63) is 0 Å². The van der Waals surface area contributed by atoms with E-state index in [1.165, 1.54) is 0 Å². The number of rotatable bonds is 3. The Balaban J connectivity index is -0.000000107. The summed E-state index contributed by atoms with van der Waals surface area (Å²) in [5.74, 6) is -2.85. The van der Waals surface area contributed by atoms with Gasteiger partial charge in [0.25, 0.3) is 0 Å². The van der Waals surface area contributed by atoms with Crippen LogP contribution >= 0.6 is 0 Å². The summed E-state index contributed by atoms with van der Waals surface area (Å²) in [5.41, 5.74) is 0. The number of hydrogen-bond donors (Lipinski definition) is 3. The minimum Gasteiger partial charge on any atom is -0.481 e. The van der Waals surface area contributed by atoms with Crippen LogP contribution in [0.15, 0.2) is 0 Å². The molecule has 0 aliphatic rings. The highest BCUT2D eigenvalue weighted by molar-refractivity contribution is 5.79. The number of carbonyl (C=O) groups is 2. The van der Waals surface area contributed by atoms with Crippen molar-refractivity contribution in [2.45, 2.75) is 12.5 Å². The van der Waals surface area contributed by atoms with Crippen LogP contribution in [0.5, 0.6) is 0 Å². The van der Waals surface area contributed by atoms with E-state index in [-0.39, 0.29) is 16.4 Å². The van der Waals surface area contributed by atoms with Crippen molar-refractivity contribution in [2.24, 2.45) is 0 Å². The Morgan fingerprint density at radius 1 is 1.08 bits per heavy atom. The van der Waals surface area contributed by atoms with Gasteiger partial charge in [-0.05, 0) is 0 Å². The van der Waals surface area contributed by atoms with Crippen LogP contribution < -0.4 is 0 Å². The van der Waals surface area contributed by atoms with Crippen molar-refractivity contribution in [1.82, 2.24) is 0 Å². The van der Waals surface area contributed by atoms with Crippen LogP contribution in [-0.4, -0.2) is 49.8 Å². The maximum atomic E-state index is 9.72. The molecule has 0 aromatic heterocycles. The zero-order valence-electron chi connectivity index (χ0n) is 5.94. The zero-order valence-corrected chi connectivity index (χ0v) is 5.94. The smallest absolute Gasteiger partial charge is 0.333 e. The minimum atomic E-state index is -1.79. The molecule has 0 fully saturated rings. The standard InChI is InChI=1S/C4H6O5.3H2O/c5-2(4(8)9)1-3(6)7;;;/h2,5H,1H2,(H,6,7)(H,8,9);3*1H2. The highest BCUT2D eigenvalue weighted by atomic mass is 16.4. The molecule has 0 heterocycles. The number of aliphatic hydroxyl groups excluding tert-OH is 1. The normalized spacial score (nSPS) is 9.42. The van der Waals surface area contributed by atoms with Gasteiger partial charge in [-0.25, -0.2) is 4.79 Å². The van der Waals surface area contributed by atoms with Crippen LogP contribution in [0.1, 0.15) is 6.42 Å². The van der Waals surface area contributed by atoms with E-state index in [9.17, 15) is 9.59 Å². The molecule has 8 heteroatoms. The first kappa shape index (κ1) is 22.4. The molecule has 0 aliphatic carbocycles. The first-order chi connectivity index (χ1) is 4.04. The third-order valence-corrected chi connectivity index (χ3v) is 0.653. The highest BCUT2D eigenvalue weighted by Gasteiger charge is 2.16. The Morgan fingerprint density at radius 2 is 1.42 bits per heavy atom. The van der Waals surface area contributed by atoms with Crippen molar-refractivity contribution in [1.29, 1.82) is 0 Å². The van der Waals surface area contributed by atoms with Gasteiger partial charge in [0, 0.05) is 0 Å². The Morgan fingerprint density at radius 3 is 1.50 bits per heavy atom. The molecule has 8 nitrogen and oxygen atoms in total. The Bertz CT molecular complexity index is 131. The number of aliphatic hydroxyl groups is 1. The summed E-state index contributed by atoms with van der Waals surface area (Å²) in [5, 5.41) is 24.1. The van der Waals surface area contributed by atoms with E-state index in [1.54, 1.807) is 0 Å². The molecule has 9 N–H and O–H groups in total. The van der Waals surface area contributed by atoms with Gasteiger partial charge in [-0.1, -0.05) is 0 Å². The van der Waals surface area contributed by atoms with Crippen molar-refractivity contribution < 1.29 is 41.3 Å². The van der Waals surface area contributed by atoms with Gasteiger partial charge in [0.15, 0.2) is 6.10 Å². The fourth-order valence-electron chi connectivity index (χ4n) is 0.253. The Kier molecular flexibility index (Phi) is 18.3. The molecule has 0 aromatic rings. The molecule has 1 unspecified atom stereocenters. The summed E-state index contributed by atoms with van der Waals surface area (Å²) in [6.07, 6.45) is -2.54. The fourth-order valence-corrected chi connectivity index (χ4v) is 0.253. The third-order valence-electron chi connectivity index (χ3n) is 0.653. The lowest BCUT2D eigenvalue weighted by molar-refractivity contribution is -0.152. The molecular formula is C4H12O8. The van der Waals surface area contributed by atoms with Crippen molar-refractivity contribution in [3.63, 3.8) is 0 Å². The van der Waals surface area contributed by atoms with Gasteiger partial charge in [0.1, 0.15) is 0 Å². The molecule has 1 atom stereocenters. The number of hydrogen-bond acceptors (Lipinski definition) is 3. The van der Waals surface area contributed by atoms with Crippen molar-refractivity contribution in [3.8, 4) is 0 Å². The van der Waals surface area contributed by atoms with Gasteiger partial charge in [-0.15, -0.1) is 0 Å². The zero-order chi connectivity index (χ0) is 7.44. The molecule has 0 amide bonds. The second-order valence-electron chi connectivity index (χ2n) is 1.45. The molecule has 0 spiro atoms. The molecular weight excluding hydrogens is 176 g/mol. The van der Waals surface area contributed by atoms with Crippen LogP contribution in [0.25, 0.3) is 0 Å². The van der Waals surface area contributed by atoms with Gasteiger partial charge in [-0.2, -0.15) is 0 Å². The summed E-state index contributed by atoms with van der Waals surface area (Å²) in [7, 11) is 0. The largest absolute Gasteiger partial charge is 0.481 e.